The summed E-state index contributed by atoms with van der Waals surface area (Å²) in [5.74, 6) is -1.00. The van der Waals surface area contributed by atoms with E-state index >= 15 is 0 Å². The predicted octanol–water partition coefficient (Wildman–Crippen LogP) is 1.17. The molecule has 1 aromatic heterocycles. The largest absolute Gasteiger partial charge is 0.376 e. The molecule has 98 valence electrons. The number of anilines is 1. The fourth-order valence-electron chi connectivity index (χ4n) is 1.96. The van der Waals surface area contributed by atoms with Crippen LogP contribution in [0.1, 0.15) is 23.7 Å². The van der Waals surface area contributed by atoms with E-state index in [1.54, 1.807) is 7.05 Å². The molecular weight excluding hydrogens is 237 g/mol. The molecule has 1 aromatic rings. The molecule has 6 heteroatoms. The Labute approximate surface area is 105 Å². The minimum absolute atomic E-state index is 0.00606. The van der Waals surface area contributed by atoms with Crippen LogP contribution in [0.4, 0.5) is 10.2 Å². The van der Waals surface area contributed by atoms with Gasteiger partial charge in [-0.1, -0.05) is 0 Å². The third kappa shape index (κ3) is 2.43. The van der Waals surface area contributed by atoms with Crippen LogP contribution in [-0.2, 0) is 4.74 Å². The van der Waals surface area contributed by atoms with Crippen LogP contribution >= 0.6 is 0 Å². The molecule has 1 aliphatic heterocycles. The summed E-state index contributed by atoms with van der Waals surface area (Å²) in [5.41, 5.74) is -0.00606. The lowest BCUT2D eigenvalue weighted by molar-refractivity contribution is 0.0862. The van der Waals surface area contributed by atoms with E-state index in [1.807, 2.05) is 6.92 Å². The molecule has 2 N–H and O–H groups in total. The molecule has 2 unspecified atom stereocenters. The van der Waals surface area contributed by atoms with Crippen molar-refractivity contribution in [3.63, 3.8) is 0 Å². The van der Waals surface area contributed by atoms with Crippen molar-refractivity contribution in [3.05, 3.63) is 23.6 Å². The number of carbonyl (C=O) groups is 1. The number of rotatable bonds is 3. The van der Waals surface area contributed by atoms with Gasteiger partial charge in [-0.3, -0.25) is 4.79 Å². The van der Waals surface area contributed by atoms with E-state index in [1.165, 1.54) is 12.3 Å². The average Bonchev–Trinajstić information content (AvgIpc) is 2.75. The van der Waals surface area contributed by atoms with Crippen molar-refractivity contribution in [2.75, 3.05) is 19.0 Å². The van der Waals surface area contributed by atoms with Crippen molar-refractivity contribution < 1.29 is 13.9 Å². The first-order valence-corrected chi connectivity index (χ1v) is 5.88. The van der Waals surface area contributed by atoms with Crippen LogP contribution in [0.15, 0.2) is 12.3 Å². The van der Waals surface area contributed by atoms with Crippen molar-refractivity contribution in [1.82, 2.24) is 10.3 Å². The van der Waals surface area contributed by atoms with Crippen molar-refractivity contribution in [2.45, 2.75) is 25.5 Å². The van der Waals surface area contributed by atoms with Gasteiger partial charge in [-0.05, 0) is 19.4 Å². The Hall–Kier alpha value is -1.69. The second-order valence-electron chi connectivity index (χ2n) is 4.22. The Balaban J connectivity index is 2.13. The van der Waals surface area contributed by atoms with E-state index < -0.39 is 11.7 Å². The molecule has 0 saturated carbocycles. The summed E-state index contributed by atoms with van der Waals surface area (Å²) in [4.78, 5) is 15.8. The number of hydrogen-bond donors (Lipinski definition) is 2. The van der Waals surface area contributed by atoms with Gasteiger partial charge < -0.3 is 15.4 Å². The summed E-state index contributed by atoms with van der Waals surface area (Å²) in [6, 6.07) is 1.30. The van der Waals surface area contributed by atoms with Crippen molar-refractivity contribution in [1.29, 1.82) is 0 Å². The van der Waals surface area contributed by atoms with Crippen LogP contribution in [-0.4, -0.2) is 36.7 Å². The summed E-state index contributed by atoms with van der Waals surface area (Å²) in [6.45, 7) is 2.51. The minimum atomic E-state index is -0.635. The Morgan fingerprint density at radius 2 is 2.39 bits per heavy atom. The van der Waals surface area contributed by atoms with Crippen LogP contribution in [0.25, 0.3) is 0 Å². The highest BCUT2D eigenvalue weighted by molar-refractivity contribution is 5.95. The second-order valence-corrected chi connectivity index (χ2v) is 4.22. The highest BCUT2D eigenvalue weighted by Gasteiger charge is 2.27. The third-order valence-electron chi connectivity index (χ3n) is 3.06. The SMILES string of the molecule is CNc1nccc(C(=O)NC2CCOC2C)c1F. The van der Waals surface area contributed by atoms with Gasteiger partial charge in [0.05, 0.1) is 17.7 Å². The van der Waals surface area contributed by atoms with Crippen molar-refractivity contribution in [2.24, 2.45) is 0 Å². The van der Waals surface area contributed by atoms with Gasteiger partial charge in [0, 0.05) is 19.9 Å². The summed E-state index contributed by atoms with van der Waals surface area (Å²) >= 11 is 0. The fourth-order valence-corrected chi connectivity index (χ4v) is 1.96. The number of nitrogens with zero attached hydrogens (tertiary/aromatic N) is 1. The zero-order valence-corrected chi connectivity index (χ0v) is 10.4. The first-order valence-electron chi connectivity index (χ1n) is 5.88. The number of pyridine rings is 1. The quantitative estimate of drug-likeness (QED) is 0.848. The van der Waals surface area contributed by atoms with E-state index in [0.29, 0.717) is 6.61 Å². The predicted molar refractivity (Wildman–Crippen MR) is 65.0 cm³/mol. The maximum atomic E-state index is 13.9. The normalized spacial score (nSPS) is 22.8. The van der Waals surface area contributed by atoms with Gasteiger partial charge in [-0.25, -0.2) is 9.37 Å². The molecule has 2 heterocycles. The minimum Gasteiger partial charge on any atom is -0.376 e. The Kier molecular flexibility index (Phi) is 3.76. The fraction of sp³-hybridized carbons (Fsp3) is 0.500. The number of carbonyl (C=O) groups excluding carboxylic acids is 1. The van der Waals surface area contributed by atoms with Crippen LogP contribution in [0.3, 0.4) is 0 Å². The Bertz CT molecular complexity index is 453. The number of nitrogens with one attached hydrogen (secondary N) is 2. The zero-order valence-electron chi connectivity index (χ0n) is 10.4. The maximum absolute atomic E-state index is 13.9. The summed E-state index contributed by atoms with van der Waals surface area (Å²) in [7, 11) is 1.56. The van der Waals surface area contributed by atoms with E-state index in [9.17, 15) is 9.18 Å². The highest BCUT2D eigenvalue weighted by atomic mass is 19.1. The van der Waals surface area contributed by atoms with Crippen molar-refractivity contribution >= 4 is 11.7 Å². The summed E-state index contributed by atoms with van der Waals surface area (Å²) < 4.78 is 19.2. The maximum Gasteiger partial charge on any atom is 0.254 e. The van der Waals surface area contributed by atoms with Crippen LogP contribution in [0.2, 0.25) is 0 Å². The Morgan fingerprint density at radius 1 is 1.61 bits per heavy atom. The van der Waals surface area contributed by atoms with Gasteiger partial charge in [-0.2, -0.15) is 0 Å². The van der Waals surface area contributed by atoms with E-state index in [-0.39, 0.29) is 23.5 Å². The van der Waals surface area contributed by atoms with Gasteiger partial charge in [0.15, 0.2) is 11.6 Å². The zero-order chi connectivity index (χ0) is 13.1. The number of ether oxygens (including phenoxy) is 1. The number of hydrogen-bond acceptors (Lipinski definition) is 4. The molecule has 0 aliphatic carbocycles. The van der Waals surface area contributed by atoms with E-state index in [2.05, 4.69) is 15.6 Å². The average molecular weight is 253 g/mol. The lowest BCUT2D eigenvalue weighted by Crippen LogP contribution is -2.39. The molecule has 0 aromatic carbocycles. The van der Waals surface area contributed by atoms with Gasteiger partial charge in [-0.15, -0.1) is 0 Å². The topological polar surface area (TPSA) is 63.2 Å². The molecule has 1 saturated heterocycles. The summed E-state index contributed by atoms with van der Waals surface area (Å²) in [5, 5.41) is 5.38. The monoisotopic (exact) mass is 253 g/mol. The first kappa shape index (κ1) is 12.8. The van der Waals surface area contributed by atoms with Crippen LogP contribution < -0.4 is 10.6 Å². The lowest BCUT2D eigenvalue weighted by atomic mass is 10.1. The molecule has 1 amide bonds. The Morgan fingerprint density at radius 3 is 3.00 bits per heavy atom. The van der Waals surface area contributed by atoms with Gasteiger partial charge in [0.1, 0.15) is 0 Å². The van der Waals surface area contributed by atoms with E-state index in [4.69, 9.17) is 4.74 Å². The molecule has 2 atom stereocenters. The smallest absolute Gasteiger partial charge is 0.254 e. The first-order chi connectivity index (χ1) is 8.63. The highest BCUT2D eigenvalue weighted by Crippen LogP contribution is 2.17. The molecule has 0 radical (unpaired) electrons. The lowest BCUT2D eigenvalue weighted by Gasteiger charge is -2.16. The molecule has 0 spiro atoms. The van der Waals surface area contributed by atoms with Crippen molar-refractivity contribution in [3.8, 4) is 0 Å². The van der Waals surface area contributed by atoms with E-state index in [0.717, 1.165) is 6.42 Å². The third-order valence-corrected chi connectivity index (χ3v) is 3.06. The molecule has 18 heavy (non-hydrogen) atoms. The second kappa shape index (κ2) is 5.30. The molecule has 0 bridgehead atoms. The van der Waals surface area contributed by atoms with Gasteiger partial charge in [0.2, 0.25) is 0 Å². The summed E-state index contributed by atoms with van der Waals surface area (Å²) in [6.07, 6.45) is 2.11. The van der Waals surface area contributed by atoms with Gasteiger partial charge >= 0.3 is 0 Å². The number of halogens is 1. The van der Waals surface area contributed by atoms with Gasteiger partial charge in [0.25, 0.3) is 5.91 Å². The molecule has 2 rings (SSSR count). The van der Waals surface area contributed by atoms with Crippen LogP contribution in [0, 0.1) is 5.82 Å². The van der Waals surface area contributed by atoms with Crippen LogP contribution in [0.5, 0.6) is 0 Å². The standard InChI is InChI=1S/C12H16FN3O2/c1-7-9(4-6-18-7)16-12(17)8-3-5-15-11(14-2)10(8)13/h3,5,7,9H,4,6H2,1-2H3,(H,14,15)(H,16,17). The molecule has 1 fully saturated rings. The molecule has 1 aliphatic rings. The number of amides is 1. The molecule has 5 nitrogen and oxygen atoms in total. The molecular formula is C12H16FN3O2. The number of aromatic nitrogens is 1.